The second-order valence-corrected chi connectivity index (χ2v) is 4.74. The minimum atomic E-state index is -1.09. The molecule has 1 aromatic rings. The van der Waals surface area contributed by atoms with E-state index in [9.17, 15) is 23.5 Å². The molecule has 0 bridgehead atoms. The Balaban J connectivity index is 2.53. The van der Waals surface area contributed by atoms with Crippen molar-refractivity contribution in [2.24, 2.45) is 5.92 Å². The number of rotatable bonds is 5. The molecule has 2 unspecified atom stereocenters. The van der Waals surface area contributed by atoms with E-state index >= 15 is 0 Å². The van der Waals surface area contributed by atoms with Crippen LogP contribution < -0.4 is 10.6 Å². The summed E-state index contributed by atoms with van der Waals surface area (Å²) in [6.45, 7) is 3.62. The van der Waals surface area contributed by atoms with Gasteiger partial charge in [-0.2, -0.15) is 0 Å². The smallest absolute Gasteiger partial charge is 0.313 e. The first kappa shape index (κ1) is 17.0. The van der Waals surface area contributed by atoms with E-state index in [0.29, 0.717) is 6.07 Å². The zero-order valence-corrected chi connectivity index (χ0v) is 11.8. The monoisotopic (exact) mass is 300 g/mol. The Morgan fingerprint density at radius 3 is 2.52 bits per heavy atom. The minimum absolute atomic E-state index is 0.0251. The van der Waals surface area contributed by atoms with Gasteiger partial charge in [0.05, 0.1) is 11.8 Å². The summed E-state index contributed by atoms with van der Waals surface area (Å²) >= 11 is 0. The number of amides is 2. The van der Waals surface area contributed by atoms with E-state index < -0.39 is 29.6 Å². The van der Waals surface area contributed by atoms with Gasteiger partial charge >= 0.3 is 11.8 Å². The summed E-state index contributed by atoms with van der Waals surface area (Å²) in [7, 11) is 0. The second-order valence-electron chi connectivity index (χ2n) is 4.74. The summed E-state index contributed by atoms with van der Waals surface area (Å²) < 4.78 is 26.0. The van der Waals surface area contributed by atoms with Gasteiger partial charge in [0.25, 0.3) is 0 Å². The lowest BCUT2D eigenvalue weighted by molar-refractivity contribution is -0.136. The molecule has 21 heavy (non-hydrogen) atoms. The fraction of sp³-hybridized carbons (Fsp3) is 0.429. The molecule has 0 fully saturated rings. The van der Waals surface area contributed by atoms with E-state index in [4.69, 9.17) is 0 Å². The van der Waals surface area contributed by atoms with Gasteiger partial charge in [-0.3, -0.25) is 9.59 Å². The summed E-state index contributed by atoms with van der Waals surface area (Å²) in [4.78, 5) is 23.0. The van der Waals surface area contributed by atoms with E-state index in [0.717, 1.165) is 18.6 Å². The Morgan fingerprint density at radius 1 is 1.29 bits per heavy atom. The lowest BCUT2D eigenvalue weighted by Gasteiger charge is -2.17. The molecule has 0 aliphatic rings. The molecular weight excluding hydrogens is 282 g/mol. The first-order valence-corrected chi connectivity index (χ1v) is 6.57. The molecule has 2 amide bonds. The third-order valence-corrected chi connectivity index (χ3v) is 3.16. The van der Waals surface area contributed by atoms with Gasteiger partial charge in [0.2, 0.25) is 0 Å². The number of carbonyl (C=O) groups is 2. The average molecular weight is 300 g/mol. The maximum absolute atomic E-state index is 13.3. The number of halogens is 2. The van der Waals surface area contributed by atoms with Gasteiger partial charge in [-0.25, -0.2) is 8.78 Å². The number of hydrogen-bond acceptors (Lipinski definition) is 3. The van der Waals surface area contributed by atoms with Crippen LogP contribution in [0.2, 0.25) is 0 Å². The highest BCUT2D eigenvalue weighted by Crippen LogP contribution is 2.14. The highest BCUT2D eigenvalue weighted by atomic mass is 19.1. The maximum Gasteiger partial charge on any atom is 0.313 e. The Hall–Kier alpha value is -2.02. The van der Waals surface area contributed by atoms with Crippen LogP contribution in [0, 0.1) is 17.6 Å². The van der Waals surface area contributed by atoms with Crippen molar-refractivity contribution in [3.8, 4) is 0 Å². The number of carbonyl (C=O) groups excluding carboxylic acids is 2. The van der Waals surface area contributed by atoms with E-state index in [2.05, 4.69) is 5.32 Å². The quantitative estimate of drug-likeness (QED) is 0.720. The molecule has 116 valence electrons. The molecule has 7 heteroatoms. The zero-order chi connectivity index (χ0) is 16.0. The van der Waals surface area contributed by atoms with E-state index in [-0.39, 0.29) is 18.2 Å². The van der Waals surface area contributed by atoms with Crippen LogP contribution >= 0.6 is 0 Å². The zero-order valence-electron chi connectivity index (χ0n) is 11.8. The Morgan fingerprint density at radius 2 is 1.95 bits per heavy atom. The van der Waals surface area contributed by atoms with Crippen LogP contribution in [0.1, 0.15) is 20.3 Å². The predicted octanol–water partition coefficient (Wildman–Crippen LogP) is 1.43. The van der Waals surface area contributed by atoms with Crippen molar-refractivity contribution >= 4 is 17.5 Å². The summed E-state index contributed by atoms with van der Waals surface area (Å²) in [5.41, 5.74) is -0.293. The standard InChI is InChI=1S/C14H18F2N2O3/c1-3-8(2)12(19)7-17-13(20)14(21)18-11-5-4-9(15)6-10(11)16/h4-6,8,12,19H,3,7H2,1-2H3,(H,17,20)(H,18,21). The molecule has 0 heterocycles. The Kier molecular flexibility index (Phi) is 6.23. The molecule has 0 saturated heterocycles. The fourth-order valence-electron chi connectivity index (χ4n) is 1.52. The summed E-state index contributed by atoms with van der Waals surface area (Å²) in [5.74, 6) is -3.87. The third kappa shape index (κ3) is 5.11. The van der Waals surface area contributed by atoms with Crippen LogP contribution in [0.5, 0.6) is 0 Å². The van der Waals surface area contributed by atoms with Crippen molar-refractivity contribution in [1.29, 1.82) is 0 Å². The minimum Gasteiger partial charge on any atom is -0.391 e. The number of anilines is 1. The van der Waals surface area contributed by atoms with E-state index in [1.807, 2.05) is 19.2 Å². The van der Waals surface area contributed by atoms with Gasteiger partial charge in [0, 0.05) is 12.6 Å². The second kappa shape index (κ2) is 7.68. The van der Waals surface area contributed by atoms with Gasteiger partial charge in [0.1, 0.15) is 11.6 Å². The summed E-state index contributed by atoms with van der Waals surface area (Å²) in [5, 5.41) is 13.9. The number of aliphatic hydroxyl groups excluding tert-OH is 1. The molecular formula is C14H18F2N2O3. The van der Waals surface area contributed by atoms with Gasteiger partial charge < -0.3 is 15.7 Å². The average Bonchev–Trinajstić information content (AvgIpc) is 2.46. The van der Waals surface area contributed by atoms with Crippen LogP contribution in [0.4, 0.5) is 14.5 Å². The van der Waals surface area contributed by atoms with Crippen molar-refractivity contribution in [3.05, 3.63) is 29.8 Å². The van der Waals surface area contributed by atoms with Crippen LogP contribution in [0.25, 0.3) is 0 Å². The number of benzene rings is 1. The lowest BCUT2D eigenvalue weighted by atomic mass is 10.0. The Bertz CT molecular complexity index is 523. The largest absolute Gasteiger partial charge is 0.391 e. The van der Waals surface area contributed by atoms with E-state index in [1.54, 1.807) is 0 Å². The van der Waals surface area contributed by atoms with Crippen LogP contribution in [0.15, 0.2) is 18.2 Å². The molecule has 1 rings (SSSR count). The molecule has 0 aliphatic carbocycles. The summed E-state index contributed by atoms with van der Waals surface area (Å²) in [6.07, 6.45) is -0.0429. The number of aliphatic hydroxyl groups is 1. The molecule has 0 spiro atoms. The van der Waals surface area contributed by atoms with Crippen LogP contribution in [-0.4, -0.2) is 29.6 Å². The molecule has 0 aromatic heterocycles. The lowest BCUT2D eigenvalue weighted by Crippen LogP contribution is -2.41. The van der Waals surface area contributed by atoms with Crippen LogP contribution in [-0.2, 0) is 9.59 Å². The summed E-state index contributed by atoms with van der Waals surface area (Å²) in [6, 6.07) is 2.58. The molecule has 0 saturated carbocycles. The Labute approximate surface area is 121 Å². The molecule has 0 radical (unpaired) electrons. The highest BCUT2D eigenvalue weighted by Gasteiger charge is 2.18. The van der Waals surface area contributed by atoms with Crippen molar-refractivity contribution in [2.45, 2.75) is 26.4 Å². The van der Waals surface area contributed by atoms with Crippen LogP contribution in [0.3, 0.4) is 0 Å². The van der Waals surface area contributed by atoms with E-state index in [1.165, 1.54) is 0 Å². The van der Waals surface area contributed by atoms with Gasteiger partial charge in [-0.15, -0.1) is 0 Å². The fourth-order valence-corrected chi connectivity index (χ4v) is 1.52. The highest BCUT2D eigenvalue weighted by molar-refractivity contribution is 6.39. The SMILES string of the molecule is CCC(C)C(O)CNC(=O)C(=O)Nc1ccc(F)cc1F. The van der Waals surface area contributed by atoms with Gasteiger partial charge in [-0.05, 0) is 18.1 Å². The first-order chi connectivity index (χ1) is 9.85. The van der Waals surface area contributed by atoms with Crippen molar-refractivity contribution in [3.63, 3.8) is 0 Å². The van der Waals surface area contributed by atoms with Gasteiger partial charge in [-0.1, -0.05) is 20.3 Å². The molecule has 1 aromatic carbocycles. The van der Waals surface area contributed by atoms with Crippen molar-refractivity contribution in [1.82, 2.24) is 5.32 Å². The van der Waals surface area contributed by atoms with Crippen molar-refractivity contribution < 1.29 is 23.5 Å². The van der Waals surface area contributed by atoms with Crippen molar-refractivity contribution in [2.75, 3.05) is 11.9 Å². The topological polar surface area (TPSA) is 78.4 Å². The molecule has 0 aliphatic heterocycles. The number of nitrogens with one attached hydrogen (secondary N) is 2. The molecule has 2 atom stereocenters. The third-order valence-electron chi connectivity index (χ3n) is 3.16. The van der Waals surface area contributed by atoms with Gasteiger partial charge in [0.15, 0.2) is 0 Å². The normalized spacial score (nSPS) is 13.4. The maximum atomic E-state index is 13.3. The first-order valence-electron chi connectivity index (χ1n) is 6.57. The molecule has 3 N–H and O–H groups in total. The number of hydrogen-bond donors (Lipinski definition) is 3. The predicted molar refractivity (Wildman–Crippen MR) is 73.5 cm³/mol. The molecule has 5 nitrogen and oxygen atoms in total.